The summed E-state index contributed by atoms with van der Waals surface area (Å²) < 4.78 is 303. The fourth-order valence-electron chi connectivity index (χ4n) is 8.66. The third kappa shape index (κ3) is 20.4. The average molecular weight is 1410 g/mol. The molecule has 504 valence electrons. The fraction of sp³-hybridized carbons (Fsp3) is 0.933. The van der Waals surface area contributed by atoms with E-state index < -0.39 is 258 Å². The lowest BCUT2D eigenvalue weighted by Crippen LogP contribution is -2.71. The summed E-state index contributed by atoms with van der Waals surface area (Å²) in [7, 11) is -40.7. The number of aliphatic hydroxyl groups is 8. The van der Waals surface area contributed by atoms with Gasteiger partial charge in [0.2, 0.25) is 0 Å². The predicted molar refractivity (Wildman–Crippen MR) is 247 cm³/mol. The standard InChI is InChI=1S/C30H51N3O46S7/c34-1-4-16(12(37)7(26(45)69-4)31-80(46,47)48)72-30-21(79-86(64,65)66)15(40)20(23(77-30)25(43)44)75-28-9(33-82(52,53)54)18(78-85(61,62)63)17(6(71-28)3-68-84(58,59)60)73-29-14(39)13(38)19(22(76-29)24(41)42)74-27-8(32-81(49,50)51)11(36)10(35)5(70-27)2-67-83(55,56)57/h4-23,26-40,45H,1-3H2,(H,41,42)(H,43,44)(H,46,47,48)(H,49,50,51)(H,52,53,54)(H,55,56,57)(H,58,59,60)(H,61,62,63)(H,64,65,66)/t4-,5-,6-,7-,8-,9-,10-,11-,12-,13-,14-,15+,16-,17-,18-,19+,20+,21-,22+,23-,26+,27-,28-,29+,30-/m1/s1. The second kappa shape index (κ2) is 28.1. The SMILES string of the molecule is O=C(O)[C@H]1O[C@H](O[C@H]2[C@H](OS(=O)(=O)O)[C@@H](NS(=O)(=O)O)[C@@H](O[C@H]3[C@H](O)[C@@H](OS(=O)(=O)O)[C@H](O[C@H]4[C@H](O)[C@@H](NS(=O)(=O)O)[C@@H](O)O[C@@H]4CO)O[C@H]3C(=O)O)O[C@@H]2COS(=O)(=O)O)[C@H](O)[C@@H](O)[C@@H]1O[C@H]1O[C@H](COS(=O)(=O)O)[C@@H](O)[C@H](O)[C@H]1NS(=O)(=O)O. The van der Waals surface area contributed by atoms with Crippen LogP contribution in [-0.4, -0.2) is 327 Å². The topological polar surface area (TPSA) is 773 Å². The van der Waals surface area contributed by atoms with Crippen molar-refractivity contribution in [3.05, 3.63) is 0 Å². The number of nitrogens with one attached hydrogen (secondary N) is 3. The highest BCUT2D eigenvalue weighted by Crippen LogP contribution is 2.38. The number of carboxylic acids is 2. The van der Waals surface area contributed by atoms with Crippen LogP contribution in [-0.2, 0) is 141 Å². The van der Waals surface area contributed by atoms with Gasteiger partial charge in [-0.3, -0.25) is 31.9 Å². The number of rotatable bonds is 27. The van der Waals surface area contributed by atoms with Crippen LogP contribution >= 0.6 is 0 Å². The average Bonchev–Trinajstić information content (AvgIpc) is 0.822. The molecular formula is C30H51N3O46S7. The van der Waals surface area contributed by atoms with Crippen molar-refractivity contribution in [2.75, 3.05) is 19.8 Å². The van der Waals surface area contributed by atoms with Crippen molar-refractivity contribution in [3.63, 3.8) is 0 Å². The van der Waals surface area contributed by atoms with Gasteiger partial charge in [0, 0.05) is 0 Å². The van der Waals surface area contributed by atoms with E-state index in [4.69, 9.17) is 47.2 Å². The maximum absolute atomic E-state index is 12.9. The van der Waals surface area contributed by atoms with Crippen molar-refractivity contribution in [1.82, 2.24) is 14.2 Å². The Morgan fingerprint density at radius 3 is 1.24 bits per heavy atom. The Kier molecular flexibility index (Phi) is 24.2. The Morgan fingerprint density at radius 2 is 0.779 bits per heavy atom. The van der Waals surface area contributed by atoms with Crippen LogP contribution in [0.25, 0.3) is 0 Å². The zero-order valence-electron chi connectivity index (χ0n) is 41.4. The molecule has 0 saturated carbocycles. The van der Waals surface area contributed by atoms with Crippen molar-refractivity contribution >= 4 is 84.4 Å². The first-order valence-corrected chi connectivity index (χ1v) is 32.3. The molecule has 5 aliphatic rings. The number of ether oxygens (including phenoxy) is 9. The van der Waals surface area contributed by atoms with Gasteiger partial charge in [-0.25, -0.2) is 26.3 Å². The smallest absolute Gasteiger partial charge is 0.397 e. The molecule has 5 saturated heterocycles. The number of hydrogen-bond acceptors (Lipinski definition) is 37. The van der Waals surface area contributed by atoms with E-state index in [9.17, 15) is 147 Å². The van der Waals surface area contributed by atoms with Crippen LogP contribution in [0.15, 0.2) is 0 Å². The Hall–Kier alpha value is -2.65. The molecule has 49 nitrogen and oxygen atoms in total. The summed E-state index contributed by atoms with van der Waals surface area (Å²) in [6, 6.07) is -8.17. The minimum atomic E-state index is -6.31. The van der Waals surface area contributed by atoms with E-state index >= 15 is 0 Å². The Labute approximate surface area is 480 Å². The van der Waals surface area contributed by atoms with E-state index in [1.807, 2.05) is 0 Å². The summed E-state index contributed by atoms with van der Waals surface area (Å²) in [6.45, 7) is -4.82. The number of aliphatic carboxylic acids is 2. The van der Waals surface area contributed by atoms with E-state index in [-0.39, 0.29) is 0 Å². The first kappa shape index (κ1) is 74.1. The van der Waals surface area contributed by atoms with Gasteiger partial charge in [0.1, 0.15) is 104 Å². The molecule has 0 aromatic rings. The van der Waals surface area contributed by atoms with Crippen LogP contribution in [0.1, 0.15) is 0 Å². The van der Waals surface area contributed by atoms with E-state index in [0.717, 1.165) is 4.72 Å². The van der Waals surface area contributed by atoms with Gasteiger partial charge >= 0.3 is 84.4 Å². The monoisotopic (exact) mass is 1410 g/mol. The zero-order chi connectivity index (χ0) is 65.5. The maximum Gasteiger partial charge on any atom is 0.397 e. The minimum absolute atomic E-state index is 1.12. The number of hydrogen-bond donors (Lipinski definition) is 20. The van der Waals surface area contributed by atoms with Gasteiger partial charge in [0.05, 0.1) is 19.8 Å². The normalized spacial score (nSPS) is 40.0. The van der Waals surface area contributed by atoms with E-state index in [1.54, 1.807) is 0 Å². The highest BCUT2D eigenvalue weighted by Gasteiger charge is 2.61. The Balaban J connectivity index is 1.58. The molecule has 5 fully saturated rings. The summed E-state index contributed by atoms with van der Waals surface area (Å²) >= 11 is 0. The first-order valence-electron chi connectivity index (χ1n) is 22.5. The van der Waals surface area contributed by atoms with Gasteiger partial charge in [-0.1, -0.05) is 0 Å². The van der Waals surface area contributed by atoms with Gasteiger partial charge in [0.15, 0.2) is 49.8 Å². The van der Waals surface area contributed by atoms with Crippen LogP contribution in [0.2, 0.25) is 0 Å². The summed E-state index contributed by atoms with van der Waals surface area (Å²) in [5.41, 5.74) is 0. The quantitative estimate of drug-likeness (QED) is 0.0340. The molecule has 5 aliphatic heterocycles. The van der Waals surface area contributed by atoms with Crippen LogP contribution in [0.3, 0.4) is 0 Å². The van der Waals surface area contributed by atoms with Gasteiger partial charge < -0.3 is 93.7 Å². The number of carboxylic acid groups (broad SMARTS) is 2. The third-order valence-electron chi connectivity index (χ3n) is 12.0. The lowest BCUT2D eigenvalue weighted by molar-refractivity contribution is -0.372. The lowest BCUT2D eigenvalue weighted by Gasteiger charge is -2.50. The molecule has 56 heteroatoms. The number of aliphatic hydroxyl groups excluding tert-OH is 8. The summed E-state index contributed by atoms with van der Waals surface area (Å²) in [6.07, 6.45) is -62.5. The first-order chi connectivity index (χ1) is 39.0. The fourth-order valence-corrected chi connectivity index (χ4v) is 12.0. The van der Waals surface area contributed by atoms with Crippen molar-refractivity contribution in [3.8, 4) is 0 Å². The van der Waals surface area contributed by atoms with E-state index in [0.29, 0.717) is 0 Å². The van der Waals surface area contributed by atoms with Gasteiger partial charge in [0.25, 0.3) is 0 Å². The third-order valence-corrected chi connectivity index (χ3v) is 15.5. The molecule has 86 heavy (non-hydrogen) atoms. The van der Waals surface area contributed by atoms with Gasteiger partial charge in [-0.15, -0.1) is 0 Å². The highest BCUT2D eigenvalue weighted by molar-refractivity contribution is 7.84. The van der Waals surface area contributed by atoms with Crippen molar-refractivity contribution < 1.29 is 211 Å². The lowest BCUT2D eigenvalue weighted by atomic mass is 9.94. The Morgan fingerprint density at radius 1 is 0.372 bits per heavy atom. The molecule has 5 heterocycles. The van der Waals surface area contributed by atoms with Crippen LogP contribution in [0.4, 0.5) is 0 Å². The van der Waals surface area contributed by atoms with Crippen molar-refractivity contribution in [1.29, 1.82) is 0 Å². The Bertz CT molecular complexity index is 3190. The van der Waals surface area contributed by atoms with Crippen molar-refractivity contribution in [2.45, 2.75) is 153 Å². The summed E-state index contributed by atoms with van der Waals surface area (Å²) in [5, 5.41) is 107. The molecule has 0 unspecified atom stereocenters. The molecule has 0 aromatic heterocycles. The maximum atomic E-state index is 12.9. The van der Waals surface area contributed by atoms with Gasteiger partial charge in [-0.2, -0.15) is 73.1 Å². The molecular weight excluding hydrogens is 1360 g/mol. The molecule has 25 atom stereocenters. The van der Waals surface area contributed by atoms with E-state index in [1.165, 1.54) is 9.44 Å². The predicted octanol–water partition coefficient (Wildman–Crippen LogP) is -14.2. The highest BCUT2D eigenvalue weighted by atomic mass is 32.3. The van der Waals surface area contributed by atoms with Crippen LogP contribution < -0.4 is 14.2 Å². The molecule has 0 radical (unpaired) electrons. The zero-order valence-corrected chi connectivity index (χ0v) is 47.1. The summed E-state index contributed by atoms with van der Waals surface area (Å²) in [4.78, 5) is 25.6. The second-order valence-electron chi connectivity index (χ2n) is 18.0. The van der Waals surface area contributed by atoms with Crippen LogP contribution in [0.5, 0.6) is 0 Å². The molecule has 20 N–H and O–H groups in total. The molecule has 5 rings (SSSR count). The van der Waals surface area contributed by atoms with Crippen LogP contribution in [0, 0.1) is 0 Å². The number of carbonyl (C=O) groups is 2. The largest absolute Gasteiger partial charge is 0.479 e. The molecule has 0 bridgehead atoms. The van der Waals surface area contributed by atoms with Crippen molar-refractivity contribution in [2.24, 2.45) is 0 Å². The van der Waals surface area contributed by atoms with E-state index in [2.05, 4.69) is 16.7 Å². The second-order valence-corrected chi connectivity index (χ2v) is 25.8. The molecule has 0 aliphatic carbocycles. The molecule has 0 spiro atoms. The molecule has 0 aromatic carbocycles. The molecule has 0 amide bonds. The van der Waals surface area contributed by atoms with Gasteiger partial charge in [-0.05, 0) is 0 Å². The minimum Gasteiger partial charge on any atom is -0.479 e. The summed E-state index contributed by atoms with van der Waals surface area (Å²) in [5.74, 6) is -4.83.